The van der Waals surface area contributed by atoms with Crippen LogP contribution in [0.25, 0.3) is 10.1 Å². The lowest BCUT2D eigenvalue weighted by Gasteiger charge is -2.21. The number of ether oxygens (including phenoxy) is 2. The molecule has 1 fully saturated rings. The van der Waals surface area contributed by atoms with E-state index in [4.69, 9.17) is 14.6 Å². The lowest BCUT2D eigenvalue weighted by molar-refractivity contribution is -0.136. The summed E-state index contributed by atoms with van der Waals surface area (Å²) in [5.74, 6) is 0.882. The number of hydrogen-bond acceptors (Lipinski definition) is 5. The highest BCUT2D eigenvalue weighted by Gasteiger charge is 2.21. The average Bonchev–Trinajstić information content (AvgIpc) is 3.20. The van der Waals surface area contributed by atoms with Crippen LogP contribution in [0.5, 0.6) is 11.5 Å². The van der Waals surface area contributed by atoms with E-state index in [1.807, 2.05) is 24.3 Å². The number of rotatable bonds is 10. The third kappa shape index (κ3) is 6.26. The Morgan fingerprint density at radius 3 is 2.45 bits per heavy atom. The second-order valence-electron chi connectivity index (χ2n) is 8.38. The lowest BCUT2D eigenvalue weighted by Crippen LogP contribution is -2.30. The van der Waals surface area contributed by atoms with E-state index < -0.39 is 5.97 Å². The molecule has 1 aromatic heterocycles. The zero-order chi connectivity index (χ0) is 23.0. The first-order valence-electron chi connectivity index (χ1n) is 11.5. The van der Waals surface area contributed by atoms with E-state index in [9.17, 15) is 9.59 Å². The Hall–Kier alpha value is -3.06. The van der Waals surface area contributed by atoms with Gasteiger partial charge in [0.2, 0.25) is 0 Å². The summed E-state index contributed by atoms with van der Waals surface area (Å²) in [6.45, 7) is 1.32. The Kier molecular flexibility index (Phi) is 7.83. The van der Waals surface area contributed by atoms with Gasteiger partial charge in [-0.2, -0.15) is 0 Å². The quantitative estimate of drug-likeness (QED) is 0.396. The molecule has 0 radical (unpaired) electrons. The molecular weight excluding hydrogens is 438 g/mol. The van der Waals surface area contributed by atoms with Crippen LogP contribution < -0.4 is 14.8 Å². The van der Waals surface area contributed by atoms with Crippen molar-refractivity contribution in [3.63, 3.8) is 0 Å². The van der Waals surface area contributed by atoms with E-state index in [-0.39, 0.29) is 12.3 Å². The number of carbonyl (C=O) groups excluding carboxylic acids is 1. The van der Waals surface area contributed by atoms with Crippen LogP contribution in [0.1, 0.15) is 47.3 Å². The number of nitrogens with one attached hydrogen (secondary N) is 1. The molecule has 3 aromatic rings. The summed E-state index contributed by atoms with van der Waals surface area (Å²) in [4.78, 5) is 24.4. The van der Waals surface area contributed by atoms with Gasteiger partial charge in [0.05, 0.1) is 6.42 Å². The maximum absolute atomic E-state index is 13.0. The summed E-state index contributed by atoms with van der Waals surface area (Å²) in [6.07, 6.45) is 6.16. The molecule has 0 atom stereocenters. The minimum atomic E-state index is -0.862. The minimum Gasteiger partial charge on any atom is -0.490 e. The average molecular weight is 468 g/mol. The monoisotopic (exact) mass is 467 g/mol. The first-order chi connectivity index (χ1) is 16.1. The molecule has 0 spiro atoms. The predicted octanol–water partition coefficient (Wildman–Crippen LogP) is 5.30. The van der Waals surface area contributed by atoms with Crippen LogP contribution in [0.2, 0.25) is 0 Å². The van der Waals surface area contributed by atoms with Crippen LogP contribution in [-0.2, 0) is 11.2 Å². The van der Waals surface area contributed by atoms with Crippen LogP contribution >= 0.6 is 11.3 Å². The molecule has 2 aromatic carbocycles. The van der Waals surface area contributed by atoms with Gasteiger partial charge in [-0.25, -0.2) is 0 Å². The summed E-state index contributed by atoms with van der Waals surface area (Å²) in [5, 5.41) is 12.9. The number of benzene rings is 2. The highest BCUT2D eigenvalue weighted by Crippen LogP contribution is 2.38. The fourth-order valence-electron chi connectivity index (χ4n) is 4.20. The topological polar surface area (TPSA) is 84.9 Å². The van der Waals surface area contributed by atoms with Crippen molar-refractivity contribution in [3.05, 3.63) is 59.0 Å². The summed E-state index contributed by atoms with van der Waals surface area (Å²) >= 11 is 1.45. The number of aliphatic carboxylic acids is 1. The van der Waals surface area contributed by atoms with Crippen molar-refractivity contribution >= 4 is 33.3 Å². The Morgan fingerprint density at radius 2 is 1.70 bits per heavy atom. The fourth-order valence-corrected chi connectivity index (χ4v) is 5.27. The van der Waals surface area contributed by atoms with Gasteiger partial charge in [-0.3, -0.25) is 9.59 Å². The summed E-state index contributed by atoms with van der Waals surface area (Å²) in [5.41, 5.74) is 0.722. The number of fused-ring (bicyclic) bond motifs is 1. The van der Waals surface area contributed by atoms with Crippen molar-refractivity contribution in [2.45, 2.75) is 38.5 Å². The van der Waals surface area contributed by atoms with Gasteiger partial charge >= 0.3 is 5.97 Å². The lowest BCUT2D eigenvalue weighted by atomic mass is 9.89. The summed E-state index contributed by atoms with van der Waals surface area (Å²) < 4.78 is 12.8. The zero-order valence-corrected chi connectivity index (χ0v) is 19.4. The Labute approximate surface area is 197 Å². The van der Waals surface area contributed by atoms with E-state index in [1.165, 1.54) is 43.4 Å². The number of carboxylic acid groups (broad SMARTS) is 1. The van der Waals surface area contributed by atoms with Gasteiger partial charge in [0.25, 0.3) is 5.91 Å². The van der Waals surface area contributed by atoms with Crippen molar-refractivity contribution < 1.29 is 24.2 Å². The molecule has 0 bridgehead atoms. The maximum atomic E-state index is 13.0. The molecule has 174 valence electrons. The zero-order valence-electron chi connectivity index (χ0n) is 18.5. The summed E-state index contributed by atoms with van der Waals surface area (Å²) in [7, 11) is 0. The van der Waals surface area contributed by atoms with E-state index in [0.29, 0.717) is 42.1 Å². The van der Waals surface area contributed by atoms with Crippen molar-refractivity contribution in [1.82, 2.24) is 5.32 Å². The van der Waals surface area contributed by atoms with Crippen molar-refractivity contribution in [2.75, 3.05) is 19.8 Å². The third-order valence-corrected chi connectivity index (χ3v) is 7.06. The van der Waals surface area contributed by atoms with Crippen LogP contribution in [0.4, 0.5) is 0 Å². The summed E-state index contributed by atoms with van der Waals surface area (Å²) in [6, 6.07) is 14.9. The van der Waals surface area contributed by atoms with E-state index in [2.05, 4.69) is 5.32 Å². The molecule has 1 aliphatic rings. The Balaban J connectivity index is 1.36. The second kappa shape index (κ2) is 11.2. The number of carboxylic acids is 1. The number of amides is 1. The first kappa shape index (κ1) is 23.1. The fraction of sp³-hybridized carbons (Fsp3) is 0.385. The highest BCUT2D eigenvalue weighted by molar-refractivity contribution is 7.21. The molecule has 1 heterocycles. The van der Waals surface area contributed by atoms with Gasteiger partial charge in [0.15, 0.2) is 5.75 Å². The Bertz CT molecular complexity index is 1090. The van der Waals surface area contributed by atoms with Crippen molar-refractivity contribution in [1.29, 1.82) is 0 Å². The molecule has 1 aliphatic carbocycles. The van der Waals surface area contributed by atoms with Gasteiger partial charge < -0.3 is 19.9 Å². The molecule has 6 nitrogen and oxygen atoms in total. The van der Waals surface area contributed by atoms with Gasteiger partial charge in [-0.1, -0.05) is 43.5 Å². The number of carbonyl (C=O) groups is 2. The molecule has 1 amide bonds. The van der Waals surface area contributed by atoms with Crippen molar-refractivity contribution in [2.24, 2.45) is 5.92 Å². The predicted molar refractivity (Wildman–Crippen MR) is 130 cm³/mol. The third-order valence-electron chi connectivity index (χ3n) is 5.91. The van der Waals surface area contributed by atoms with Gasteiger partial charge in [-0.05, 0) is 48.6 Å². The largest absolute Gasteiger partial charge is 0.490 e. The van der Waals surface area contributed by atoms with Crippen LogP contribution in [0.15, 0.2) is 48.5 Å². The molecule has 7 heteroatoms. The maximum Gasteiger partial charge on any atom is 0.307 e. The molecule has 33 heavy (non-hydrogen) atoms. The van der Waals surface area contributed by atoms with Crippen LogP contribution in [0.3, 0.4) is 0 Å². The smallest absolute Gasteiger partial charge is 0.307 e. The van der Waals surface area contributed by atoms with E-state index in [0.717, 1.165) is 15.6 Å². The van der Waals surface area contributed by atoms with Crippen molar-refractivity contribution in [3.8, 4) is 11.5 Å². The Morgan fingerprint density at radius 1 is 0.970 bits per heavy atom. The standard InChI is InChI=1S/C26H29NO5S/c28-23(29)16-18-10-12-20(13-11-18)31-14-15-32-24-21-8-4-5-9-22(21)33-25(24)26(30)27-17-19-6-2-1-3-7-19/h4-5,8-13,19H,1-3,6-7,14-17H2,(H,27,30)(H,28,29). The first-order valence-corrected chi connectivity index (χ1v) is 12.3. The second-order valence-corrected chi connectivity index (χ2v) is 9.43. The van der Waals surface area contributed by atoms with Gasteiger partial charge in [0.1, 0.15) is 23.8 Å². The van der Waals surface area contributed by atoms with Gasteiger partial charge in [0, 0.05) is 16.6 Å². The van der Waals surface area contributed by atoms with Gasteiger partial charge in [-0.15, -0.1) is 11.3 Å². The van der Waals surface area contributed by atoms with Crippen LogP contribution in [0, 0.1) is 5.92 Å². The molecule has 0 aliphatic heterocycles. The number of hydrogen-bond donors (Lipinski definition) is 2. The number of thiophene rings is 1. The normalized spacial score (nSPS) is 14.2. The molecular formula is C26H29NO5S. The minimum absolute atomic E-state index is 0.0137. The molecule has 4 rings (SSSR count). The van der Waals surface area contributed by atoms with Crippen LogP contribution in [-0.4, -0.2) is 36.7 Å². The van der Waals surface area contributed by atoms with E-state index >= 15 is 0 Å². The molecule has 0 unspecified atom stereocenters. The van der Waals surface area contributed by atoms with E-state index in [1.54, 1.807) is 24.3 Å². The molecule has 2 N–H and O–H groups in total. The highest BCUT2D eigenvalue weighted by atomic mass is 32.1. The molecule has 1 saturated carbocycles. The SMILES string of the molecule is O=C(O)Cc1ccc(OCCOc2c(C(=O)NCC3CCCCC3)sc3ccccc23)cc1. The molecule has 0 saturated heterocycles.